The first kappa shape index (κ1) is 27.5. The van der Waals surface area contributed by atoms with Gasteiger partial charge >= 0.3 is 0 Å². The molecule has 1 atom stereocenters. The molecule has 6 rings (SSSR count). The average Bonchev–Trinajstić information content (AvgIpc) is 3.35. The van der Waals surface area contributed by atoms with E-state index in [4.69, 9.17) is 15.2 Å². The van der Waals surface area contributed by atoms with Gasteiger partial charge in [0.2, 0.25) is 11.8 Å². The van der Waals surface area contributed by atoms with Gasteiger partial charge in [0.25, 0.3) is 0 Å². The summed E-state index contributed by atoms with van der Waals surface area (Å²) < 4.78 is 41.0. The van der Waals surface area contributed by atoms with E-state index in [-0.39, 0.29) is 12.0 Å². The molecule has 0 saturated carbocycles. The van der Waals surface area contributed by atoms with Crippen molar-refractivity contribution < 1.29 is 18.3 Å². The minimum Gasteiger partial charge on any atom is -0.497 e. The van der Waals surface area contributed by atoms with Gasteiger partial charge < -0.3 is 25.0 Å². The maximum absolute atomic E-state index is 14.3. The Bertz CT molecular complexity index is 1610. The van der Waals surface area contributed by atoms with Gasteiger partial charge in [0.15, 0.2) is 5.82 Å². The molecule has 0 bridgehead atoms. The number of nitrogen functional groups attached to an aromatic ring is 1. The summed E-state index contributed by atoms with van der Waals surface area (Å²) in [4.78, 5) is 13.0. The van der Waals surface area contributed by atoms with Crippen molar-refractivity contribution in [3.63, 3.8) is 0 Å². The standard InChI is InChI=1S/C31H33F2N7O2/c1-20-22(4-3-11-38-12-13-39-24(18-38)7-10-26-27(33)14-23(32)15-28(26)39)17-35-40(20)29-16-30(37-31(34)36-29)42-19-21-5-8-25(41-2)9-6-21/h3,5-6,8-9,11,14-17,24H,4,7,10,12-13,18-19H2,1-2H3,(H2,34,36,37). The summed E-state index contributed by atoms with van der Waals surface area (Å²) in [6, 6.07) is 12.0. The monoisotopic (exact) mass is 573 g/mol. The van der Waals surface area contributed by atoms with E-state index in [1.165, 1.54) is 6.07 Å². The molecule has 2 aliphatic rings. The maximum atomic E-state index is 14.3. The molecule has 2 aromatic carbocycles. The summed E-state index contributed by atoms with van der Waals surface area (Å²) in [6.07, 6.45) is 8.23. The number of rotatable bonds is 8. The summed E-state index contributed by atoms with van der Waals surface area (Å²) in [6.45, 7) is 4.63. The van der Waals surface area contributed by atoms with E-state index in [1.807, 2.05) is 37.4 Å². The van der Waals surface area contributed by atoms with Crippen LogP contribution in [-0.4, -0.2) is 57.4 Å². The quantitative estimate of drug-likeness (QED) is 0.327. The van der Waals surface area contributed by atoms with Crippen LogP contribution >= 0.6 is 0 Å². The van der Waals surface area contributed by atoms with Gasteiger partial charge in [-0.25, -0.2) is 13.5 Å². The summed E-state index contributed by atoms with van der Waals surface area (Å²) in [7, 11) is 1.63. The van der Waals surface area contributed by atoms with Crippen LogP contribution in [0.5, 0.6) is 11.6 Å². The van der Waals surface area contributed by atoms with E-state index >= 15 is 0 Å². The third-order valence-electron chi connectivity index (χ3n) is 7.92. The van der Waals surface area contributed by atoms with Gasteiger partial charge in [0.1, 0.15) is 24.0 Å². The van der Waals surface area contributed by atoms with E-state index in [1.54, 1.807) is 17.9 Å². The molecule has 11 heteroatoms. The third kappa shape index (κ3) is 5.72. The molecule has 42 heavy (non-hydrogen) atoms. The number of hydrogen-bond donors (Lipinski definition) is 1. The zero-order valence-corrected chi connectivity index (χ0v) is 23.6. The van der Waals surface area contributed by atoms with Gasteiger partial charge in [-0.15, -0.1) is 0 Å². The zero-order valence-electron chi connectivity index (χ0n) is 23.6. The van der Waals surface area contributed by atoms with Crippen molar-refractivity contribution in [2.45, 2.75) is 38.8 Å². The molecule has 218 valence electrons. The molecule has 0 aliphatic carbocycles. The van der Waals surface area contributed by atoms with Crippen LogP contribution in [-0.2, 0) is 19.4 Å². The second-order valence-electron chi connectivity index (χ2n) is 10.6. The Labute approximate surface area is 243 Å². The molecule has 4 aromatic rings. The van der Waals surface area contributed by atoms with Crippen molar-refractivity contribution in [1.82, 2.24) is 24.6 Å². The van der Waals surface area contributed by atoms with Gasteiger partial charge in [-0.3, -0.25) is 0 Å². The van der Waals surface area contributed by atoms with E-state index in [2.05, 4.69) is 37.1 Å². The minimum absolute atomic E-state index is 0.100. The number of piperazine rings is 1. The Morgan fingerprint density at radius 1 is 1.10 bits per heavy atom. The lowest BCUT2D eigenvalue weighted by molar-refractivity contribution is 0.281. The first-order valence-corrected chi connectivity index (χ1v) is 14.0. The molecule has 1 saturated heterocycles. The topological polar surface area (TPSA) is 94.6 Å². The highest BCUT2D eigenvalue weighted by Crippen LogP contribution is 2.35. The van der Waals surface area contributed by atoms with E-state index in [0.717, 1.165) is 54.7 Å². The fourth-order valence-corrected chi connectivity index (χ4v) is 5.68. The molecule has 0 spiro atoms. The first-order valence-electron chi connectivity index (χ1n) is 14.0. The average molecular weight is 574 g/mol. The molecule has 1 fully saturated rings. The van der Waals surface area contributed by atoms with E-state index in [0.29, 0.717) is 42.4 Å². The number of fused-ring (bicyclic) bond motifs is 3. The molecule has 0 amide bonds. The lowest BCUT2D eigenvalue weighted by Gasteiger charge is -2.46. The van der Waals surface area contributed by atoms with E-state index < -0.39 is 11.6 Å². The highest BCUT2D eigenvalue weighted by atomic mass is 19.1. The lowest BCUT2D eigenvalue weighted by Crippen LogP contribution is -2.53. The number of allylic oxidation sites excluding steroid dienone is 1. The summed E-state index contributed by atoms with van der Waals surface area (Å²) in [5.74, 6) is 0.807. The summed E-state index contributed by atoms with van der Waals surface area (Å²) >= 11 is 0. The Kier molecular flexibility index (Phi) is 7.64. The number of nitrogens with two attached hydrogens (primary N) is 1. The van der Waals surface area contributed by atoms with Crippen molar-refractivity contribution in [2.24, 2.45) is 0 Å². The molecule has 9 nitrogen and oxygen atoms in total. The fraction of sp³-hybridized carbons (Fsp3) is 0.323. The van der Waals surface area contributed by atoms with Crippen LogP contribution in [0.4, 0.5) is 20.4 Å². The second-order valence-corrected chi connectivity index (χ2v) is 10.6. The molecule has 1 unspecified atom stereocenters. The Balaban J connectivity index is 1.08. The summed E-state index contributed by atoms with van der Waals surface area (Å²) in [5, 5.41) is 4.55. The Morgan fingerprint density at radius 3 is 2.74 bits per heavy atom. The molecular formula is C31H33F2N7O2. The van der Waals surface area contributed by atoms with Gasteiger partial charge in [-0.1, -0.05) is 18.2 Å². The Morgan fingerprint density at radius 2 is 1.93 bits per heavy atom. The summed E-state index contributed by atoms with van der Waals surface area (Å²) in [5.41, 5.74) is 10.3. The van der Waals surface area contributed by atoms with Gasteiger partial charge in [-0.2, -0.15) is 15.1 Å². The number of benzene rings is 2. The van der Waals surface area contributed by atoms with Crippen molar-refractivity contribution in [2.75, 3.05) is 37.4 Å². The molecule has 4 heterocycles. The largest absolute Gasteiger partial charge is 0.497 e. The maximum Gasteiger partial charge on any atom is 0.225 e. The normalized spacial score (nSPS) is 16.4. The third-order valence-corrected chi connectivity index (χ3v) is 7.92. The fourth-order valence-electron chi connectivity index (χ4n) is 5.68. The molecule has 2 N–H and O–H groups in total. The first-order chi connectivity index (χ1) is 20.4. The molecule has 0 radical (unpaired) electrons. The zero-order chi connectivity index (χ0) is 29.2. The number of ether oxygens (including phenoxy) is 2. The molecule has 2 aromatic heterocycles. The van der Waals surface area contributed by atoms with Crippen LogP contribution in [0, 0.1) is 18.6 Å². The van der Waals surface area contributed by atoms with Crippen LogP contribution in [0.2, 0.25) is 0 Å². The minimum atomic E-state index is -0.521. The molecule has 2 aliphatic heterocycles. The number of halogens is 2. The number of anilines is 2. The smallest absolute Gasteiger partial charge is 0.225 e. The van der Waals surface area contributed by atoms with E-state index in [9.17, 15) is 8.78 Å². The molecular weight excluding hydrogens is 540 g/mol. The number of nitrogens with zero attached hydrogens (tertiary/aromatic N) is 6. The SMILES string of the molecule is COc1ccc(COc2cc(-n3ncc(CC=CN4CCN5c6cc(F)cc(F)c6CCC5C4)c3C)nc(N)n2)cc1. The van der Waals surface area contributed by atoms with Gasteiger partial charge in [0, 0.05) is 54.8 Å². The predicted octanol–water partition coefficient (Wildman–Crippen LogP) is 4.61. The number of methoxy groups -OCH3 is 1. The number of aromatic nitrogens is 4. The van der Waals surface area contributed by atoms with Gasteiger partial charge in [0.05, 0.1) is 13.3 Å². The number of hydrogen-bond acceptors (Lipinski definition) is 8. The predicted molar refractivity (Wildman–Crippen MR) is 156 cm³/mol. The van der Waals surface area contributed by atoms with Crippen LogP contribution in [0.1, 0.15) is 28.8 Å². The van der Waals surface area contributed by atoms with Crippen molar-refractivity contribution in [1.29, 1.82) is 0 Å². The van der Waals surface area contributed by atoms with Gasteiger partial charge in [-0.05, 0) is 61.7 Å². The highest BCUT2D eigenvalue weighted by Gasteiger charge is 2.32. The van der Waals surface area contributed by atoms with Crippen LogP contribution in [0.25, 0.3) is 5.82 Å². The van der Waals surface area contributed by atoms with Crippen molar-refractivity contribution >= 4 is 11.6 Å². The second kappa shape index (κ2) is 11.7. The van der Waals surface area contributed by atoms with Crippen molar-refractivity contribution in [3.05, 3.63) is 95.0 Å². The lowest BCUT2D eigenvalue weighted by atomic mass is 9.93. The van der Waals surface area contributed by atoms with Crippen LogP contribution < -0.4 is 20.1 Å². The Hall–Kier alpha value is -4.67. The van der Waals surface area contributed by atoms with Crippen LogP contribution in [0.3, 0.4) is 0 Å². The van der Waals surface area contributed by atoms with Crippen LogP contribution in [0.15, 0.2) is 60.9 Å². The highest BCUT2D eigenvalue weighted by molar-refractivity contribution is 5.58. The van der Waals surface area contributed by atoms with Crippen molar-refractivity contribution in [3.8, 4) is 17.4 Å².